The van der Waals surface area contributed by atoms with Crippen molar-refractivity contribution in [2.45, 2.75) is 63.8 Å². The van der Waals surface area contributed by atoms with E-state index in [4.69, 9.17) is 0 Å². The molecule has 22 heavy (non-hydrogen) atoms. The van der Waals surface area contributed by atoms with Gasteiger partial charge < -0.3 is 9.47 Å². The Balaban J connectivity index is 1.46. The Bertz CT molecular complexity index is 470. The smallest absolute Gasteiger partial charge is 0.248 e. The Labute approximate surface area is 130 Å². The van der Waals surface area contributed by atoms with E-state index in [0.29, 0.717) is 24.7 Å². The van der Waals surface area contributed by atoms with Crippen molar-refractivity contribution in [2.75, 3.05) is 19.6 Å². The van der Waals surface area contributed by atoms with E-state index in [-0.39, 0.29) is 12.8 Å². The van der Waals surface area contributed by atoms with Crippen LogP contribution in [0.15, 0.2) is 6.33 Å². The fourth-order valence-corrected chi connectivity index (χ4v) is 3.85. The minimum absolute atomic E-state index is 0.0771. The zero-order valence-electron chi connectivity index (χ0n) is 13.3. The highest BCUT2D eigenvalue weighted by molar-refractivity contribution is 4.99. The van der Waals surface area contributed by atoms with Crippen LogP contribution < -0.4 is 0 Å². The van der Waals surface area contributed by atoms with Gasteiger partial charge in [0.25, 0.3) is 0 Å². The molecule has 0 unspecified atom stereocenters. The summed E-state index contributed by atoms with van der Waals surface area (Å²) in [6.07, 6.45) is 5.52. The predicted molar refractivity (Wildman–Crippen MR) is 81.0 cm³/mol. The summed E-state index contributed by atoms with van der Waals surface area (Å²) in [5.41, 5.74) is 0. The van der Waals surface area contributed by atoms with E-state index < -0.39 is 5.92 Å². The minimum Gasteiger partial charge on any atom is -0.318 e. The van der Waals surface area contributed by atoms with Crippen molar-refractivity contribution >= 4 is 0 Å². The van der Waals surface area contributed by atoms with E-state index in [2.05, 4.69) is 26.6 Å². The first kappa shape index (κ1) is 15.8. The normalized spacial score (nSPS) is 24.7. The van der Waals surface area contributed by atoms with E-state index in [1.165, 1.54) is 0 Å². The lowest BCUT2D eigenvalue weighted by Crippen LogP contribution is -2.39. The topological polar surface area (TPSA) is 34.0 Å². The lowest BCUT2D eigenvalue weighted by Gasteiger charge is -2.36. The van der Waals surface area contributed by atoms with Crippen LogP contribution in [-0.2, 0) is 6.54 Å². The number of rotatable bonds is 4. The number of alkyl halides is 2. The van der Waals surface area contributed by atoms with Gasteiger partial charge >= 0.3 is 0 Å². The molecule has 2 aliphatic rings. The Hall–Kier alpha value is -1.04. The van der Waals surface area contributed by atoms with Gasteiger partial charge in [0.05, 0.1) is 0 Å². The summed E-state index contributed by atoms with van der Waals surface area (Å²) in [6, 6.07) is 0. The molecule has 2 fully saturated rings. The molecule has 1 aromatic rings. The number of likely N-dealkylation sites (tertiary alicyclic amines) is 1. The molecule has 0 aromatic carbocycles. The third-order valence-corrected chi connectivity index (χ3v) is 5.29. The number of aromatic nitrogens is 3. The zero-order valence-corrected chi connectivity index (χ0v) is 13.3. The molecular formula is C16H26F2N4. The summed E-state index contributed by atoms with van der Waals surface area (Å²) >= 11 is 0. The van der Waals surface area contributed by atoms with Gasteiger partial charge in [0.15, 0.2) is 0 Å². The van der Waals surface area contributed by atoms with Gasteiger partial charge in [-0.15, -0.1) is 10.2 Å². The molecule has 1 aliphatic heterocycles. The molecule has 3 rings (SSSR count). The van der Waals surface area contributed by atoms with Crippen molar-refractivity contribution in [3.05, 3.63) is 12.2 Å². The first-order valence-electron chi connectivity index (χ1n) is 8.55. The quantitative estimate of drug-likeness (QED) is 0.855. The number of hydrogen-bond acceptors (Lipinski definition) is 3. The van der Waals surface area contributed by atoms with Crippen molar-refractivity contribution in [1.29, 1.82) is 0 Å². The average Bonchev–Trinajstić information content (AvgIpc) is 2.99. The number of aryl methyl sites for hydroxylation is 1. The number of piperidine rings is 1. The van der Waals surface area contributed by atoms with Gasteiger partial charge in [-0.25, -0.2) is 8.78 Å². The molecule has 0 N–H and O–H groups in total. The Morgan fingerprint density at radius 3 is 2.50 bits per heavy atom. The fourth-order valence-electron chi connectivity index (χ4n) is 3.85. The van der Waals surface area contributed by atoms with Gasteiger partial charge in [-0.05, 0) is 51.6 Å². The molecule has 1 aliphatic carbocycles. The maximum absolute atomic E-state index is 13.2. The summed E-state index contributed by atoms with van der Waals surface area (Å²) in [7, 11) is 0. The molecule has 0 atom stereocenters. The molecule has 6 heteroatoms. The van der Waals surface area contributed by atoms with E-state index in [9.17, 15) is 8.78 Å². The van der Waals surface area contributed by atoms with Crippen LogP contribution in [0.5, 0.6) is 0 Å². The maximum atomic E-state index is 13.2. The van der Waals surface area contributed by atoms with Crippen LogP contribution in [0.3, 0.4) is 0 Å². The fraction of sp³-hybridized carbons (Fsp3) is 0.875. The molecule has 0 amide bonds. The average molecular weight is 312 g/mol. The van der Waals surface area contributed by atoms with Crippen molar-refractivity contribution < 1.29 is 8.78 Å². The summed E-state index contributed by atoms with van der Waals surface area (Å²) < 4.78 is 28.5. The number of nitrogens with zero attached hydrogens (tertiary/aromatic N) is 4. The maximum Gasteiger partial charge on any atom is 0.248 e. The number of hydrogen-bond donors (Lipinski definition) is 0. The predicted octanol–water partition coefficient (Wildman–Crippen LogP) is 3.30. The SMILES string of the molecule is CCn1cnnc1C1CCN(CC2CCC(F)(F)CC2)CC1. The van der Waals surface area contributed by atoms with E-state index >= 15 is 0 Å². The van der Waals surface area contributed by atoms with Gasteiger partial charge in [0, 0.05) is 31.8 Å². The molecule has 1 saturated heterocycles. The summed E-state index contributed by atoms with van der Waals surface area (Å²) in [4.78, 5) is 2.46. The van der Waals surface area contributed by atoms with Crippen LogP contribution in [0.2, 0.25) is 0 Å². The molecule has 1 aromatic heterocycles. The molecule has 124 valence electrons. The van der Waals surface area contributed by atoms with Crippen molar-refractivity contribution in [2.24, 2.45) is 5.92 Å². The van der Waals surface area contributed by atoms with Crippen LogP contribution in [0.4, 0.5) is 8.78 Å². The van der Waals surface area contributed by atoms with E-state index in [1.807, 2.05) is 6.33 Å². The minimum atomic E-state index is -2.41. The Morgan fingerprint density at radius 1 is 1.18 bits per heavy atom. The summed E-state index contributed by atoms with van der Waals surface area (Å²) in [6.45, 7) is 6.12. The third-order valence-electron chi connectivity index (χ3n) is 5.29. The van der Waals surface area contributed by atoms with Gasteiger partial charge in [0.1, 0.15) is 12.2 Å². The standard InChI is InChI=1S/C16H26F2N4/c1-2-22-12-19-20-15(22)14-5-9-21(10-6-14)11-13-3-7-16(17,18)8-4-13/h12-14H,2-11H2,1H3. The van der Waals surface area contributed by atoms with Crippen LogP contribution in [0.25, 0.3) is 0 Å². The molecule has 0 radical (unpaired) electrons. The van der Waals surface area contributed by atoms with Crippen LogP contribution >= 0.6 is 0 Å². The second-order valence-electron chi connectivity index (χ2n) is 6.85. The molecule has 0 bridgehead atoms. The van der Waals surface area contributed by atoms with Crippen LogP contribution in [0.1, 0.15) is 57.2 Å². The highest BCUT2D eigenvalue weighted by Crippen LogP contribution is 2.37. The highest BCUT2D eigenvalue weighted by Gasteiger charge is 2.35. The summed E-state index contributed by atoms with van der Waals surface area (Å²) in [5.74, 6) is -0.349. The lowest BCUT2D eigenvalue weighted by atomic mass is 9.85. The molecule has 1 saturated carbocycles. The van der Waals surface area contributed by atoms with Gasteiger partial charge in [-0.3, -0.25) is 0 Å². The van der Waals surface area contributed by atoms with Crippen LogP contribution in [-0.4, -0.2) is 45.2 Å². The Morgan fingerprint density at radius 2 is 1.86 bits per heavy atom. The molecule has 4 nitrogen and oxygen atoms in total. The lowest BCUT2D eigenvalue weighted by molar-refractivity contribution is -0.0494. The first-order chi connectivity index (χ1) is 10.6. The van der Waals surface area contributed by atoms with E-state index in [1.54, 1.807) is 0 Å². The van der Waals surface area contributed by atoms with Crippen molar-refractivity contribution in [1.82, 2.24) is 19.7 Å². The molecule has 0 spiro atoms. The molecular weight excluding hydrogens is 286 g/mol. The monoisotopic (exact) mass is 312 g/mol. The van der Waals surface area contributed by atoms with Crippen molar-refractivity contribution in [3.8, 4) is 0 Å². The largest absolute Gasteiger partial charge is 0.318 e. The van der Waals surface area contributed by atoms with Crippen molar-refractivity contribution in [3.63, 3.8) is 0 Å². The van der Waals surface area contributed by atoms with Gasteiger partial charge in [-0.2, -0.15) is 0 Å². The number of halogens is 2. The summed E-state index contributed by atoms with van der Waals surface area (Å²) in [5, 5.41) is 8.30. The molecule has 2 heterocycles. The van der Waals surface area contributed by atoms with Gasteiger partial charge in [-0.1, -0.05) is 0 Å². The zero-order chi connectivity index (χ0) is 15.6. The third kappa shape index (κ3) is 3.65. The first-order valence-corrected chi connectivity index (χ1v) is 8.55. The second kappa shape index (κ2) is 6.60. The Kier molecular flexibility index (Phi) is 4.76. The highest BCUT2D eigenvalue weighted by atomic mass is 19.3. The second-order valence-corrected chi connectivity index (χ2v) is 6.85. The van der Waals surface area contributed by atoms with E-state index in [0.717, 1.165) is 44.8 Å². The van der Waals surface area contributed by atoms with Gasteiger partial charge in [0.2, 0.25) is 5.92 Å². The van der Waals surface area contributed by atoms with Crippen LogP contribution in [0, 0.1) is 5.92 Å².